The number of piperidine rings is 1. The molecule has 0 atom stereocenters. The molecule has 0 spiro atoms. The molecule has 0 aliphatic carbocycles. The van der Waals surface area contributed by atoms with E-state index in [9.17, 15) is 0 Å². The number of hydrogen-bond donors (Lipinski definition) is 0. The molecular weight excluding hydrogens is 234 g/mol. The topological polar surface area (TPSA) is 19.4 Å². The Balaban J connectivity index is 1.63. The summed E-state index contributed by atoms with van der Waals surface area (Å²) in [7, 11) is 4.34. The lowest BCUT2D eigenvalue weighted by molar-refractivity contribution is 0.173. The lowest BCUT2D eigenvalue weighted by Gasteiger charge is -2.32. The van der Waals surface area contributed by atoms with E-state index in [4.69, 9.17) is 0 Å². The normalized spacial score (nSPS) is 18.1. The fourth-order valence-corrected chi connectivity index (χ4v) is 2.78. The first-order valence-electron chi connectivity index (χ1n) is 7.50. The van der Waals surface area contributed by atoms with Crippen molar-refractivity contribution in [1.82, 2.24) is 14.8 Å². The number of nitrogens with zero attached hydrogens (tertiary/aromatic N) is 3. The number of hydrogen-bond acceptors (Lipinski definition) is 3. The van der Waals surface area contributed by atoms with Crippen molar-refractivity contribution >= 4 is 0 Å². The first-order chi connectivity index (χ1) is 9.24. The molecule has 19 heavy (non-hydrogen) atoms. The van der Waals surface area contributed by atoms with Crippen LogP contribution in [0.25, 0.3) is 0 Å². The molecule has 106 valence electrons. The van der Waals surface area contributed by atoms with E-state index in [1.54, 1.807) is 0 Å². The second-order valence-electron chi connectivity index (χ2n) is 5.98. The summed E-state index contributed by atoms with van der Waals surface area (Å²) in [5.41, 5.74) is 1.41. The van der Waals surface area contributed by atoms with Gasteiger partial charge in [-0.3, -0.25) is 4.98 Å². The Kier molecular flexibility index (Phi) is 5.80. The van der Waals surface area contributed by atoms with E-state index in [1.165, 1.54) is 51.0 Å². The van der Waals surface area contributed by atoms with Crippen molar-refractivity contribution < 1.29 is 0 Å². The van der Waals surface area contributed by atoms with Crippen LogP contribution in [0.4, 0.5) is 0 Å². The standard InChI is InChI=1S/C16H27N3/c1-18(2)11-5-16-7-13-19(14-8-16)12-6-15-3-9-17-10-4-15/h3-4,9-10,16H,5-8,11-14H2,1-2H3. The van der Waals surface area contributed by atoms with Gasteiger partial charge in [-0.15, -0.1) is 0 Å². The van der Waals surface area contributed by atoms with Crippen LogP contribution in [0.1, 0.15) is 24.8 Å². The largest absolute Gasteiger partial charge is 0.309 e. The van der Waals surface area contributed by atoms with E-state index in [2.05, 4.69) is 41.0 Å². The van der Waals surface area contributed by atoms with Gasteiger partial charge in [-0.25, -0.2) is 0 Å². The Morgan fingerprint density at radius 2 is 1.89 bits per heavy atom. The van der Waals surface area contributed by atoms with Crippen molar-refractivity contribution in [3.63, 3.8) is 0 Å². The van der Waals surface area contributed by atoms with Gasteiger partial charge in [-0.2, -0.15) is 0 Å². The maximum absolute atomic E-state index is 4.07. The molecule has 0 saturated carbocycles. The van der Waals surface area contributed by atoms with Gasteiger partial charge in [0, 0.05) is 18.9 Å². The summed E-state index contributed by atoms with van der Waals surface area (Å²) >= 11 is 0. The molecule has 1 fully saturated rings. The summed E-state index contributed by atoms with van der Waals surface area (Å²) in [6.45, 7) is 5.00. The highest BCUT2D eigenvalue weighted by Crippen LogP contribution is 2.20. The van der Waals surface area contributed by atoms with Gasteiger partial charge >= 0.3 is 0 Å². The van der Waals surface area contributed by atoms with Crippen LogP contribution in [-0.4, -0.2) is 55.1 Å². The van der Waals surface area contributed by atoms with Gasteiger partial charge in [0.15, 0.2) is 0 Å². The van der Waals surface area contributed by atoms with E-state index in [0.717, 1.165) is 12.3 Å². The molecule has 0 radical (unpaired) electrons. The SMILES string of the molecule is CN(C)CCC1CCN(CCc2ccncc2)CC1. The molecular formula is C16H27N3. The Hall–Kier alpha value is -0.930. The molecule has 2 heterocycles. The molecule has 1 saturated heterocycles. The van der Waals surface area contributed by atoms with Gasteiger partial charge in [-0.05, 0) is 83.0 Å². The molecule has 1 aliphatic heterocycles. The summed E-state index contributed by atoms with van der Waals surface area (Å²) in [5, 5.41) is 0. The van der Waals surface area contributed by atoms with Gasteiger partial charge < -0.3 is 9.80 Å². The molecule has 2 rings (SSSR count). The van der Waals surface area contributed by atoms with E-state index >= 15 is 0 Å². The van der Waals surface area contributed by atoms with E-state index < -0.39 is 0 Å². The van der Waals surface area contributed by atoms with Crippen LogP contribution in [0, 0.1) is 5.92 Å². The van der Waals surface area contributed by atoms with Crippen LogP contribution in [0.3, 0.4) is 0 Å². The van der Waals surface area contributed by atoms with Crippen LogP contribution in [0.2, 0.25) is 0 Å². The molecule has 3 nitrogen and oxygen atoms in total. The second kappa shape index (κ2) is 7.61. The molecule has 3 heteroatoms. The average molecular weight is 261 g/mol. The van der Waals surface area contributed by atoms with Gasteiger partial charge in [0.25, 0.3) is 0 Å². The minimum absolute atomic E-state index is 0.944. The zero-order chi connectivity index (χ0) is 13.5. The average Bonchev–Trinajstić information content (AvgIpc) is 2.45. The molecule has 0 N–H and O–H groups in total. The maximum atomic E-state index is 4.07. The highest BCUT2D eigenvalue weighted by molar-refractivity contribution is 5.09. The van der Waals surface area contributed by atoms with Gasteiger partial charge in [0.05, 0.1) is 0 Å². The Labute approximate surface area is 117 Å². The third kappa shape index (κ3) is 5.29. The van der Waals surface area contributed by atoms with Crippen molar-refractivity contribution in [1.29, 1.82) is 0 Å². The molecule has 0 aromatic carbocycles. The summed E-state index contributed by atoms with van der Waals surface area (Å²) < 4.78 is 0. The van der Waals surface area contributed by atoms with Crippen LogP contribution in [-0.2, 0) is 6.42 Å². The highest BCUT2D eigenvalue weighted by atomic mass is 15.1. The fourth-order valence-electron chi connectivity index (χ4n) is 2.78. The number of likely N-dealkylation sites (tertiary alicyclic amines) is 1. The smallest absolute Gasteiger partial charge is 0.0270 e. The maximum Gasteiger partial charge on any atom is 0.0270 e. The van der Waals surface area contributed by atoms with Crippen LogP contribution in [0.15, 0.2) is 24.5 Å². The van der Waals surface area contributed by atoms with Crippen molar-refractivity contribution in [2.45, 2.75) is 25.7 Å². The van der Waals surface area contributed by atoms with Crippen molar-refractivity contribution in [3.8, 4) is 0 Å². The molecule has 1 aliphatic rings. The third-order valence-electron chi connectivity index (χ3n) is 4.16. The summed E-state index contributed by atoms with van der Waals surface area (Å²) in [6, 6.07) is 4.26. The molecule has 0 unspecified atom stereocenters. The number of rotatable bonds is 6. The van der Waals surface area contributed by atoms with E-state index in [0.29, 0.717) is 0 Å². The molecule has 1 aromatic heterocycles. The van der Waals surface area contributed by atoms with Crippen LogP contribution in [0.5, 0.6) is 0 Å². The Bertz CT molecular complexity index is 342. The fraction of sp³-hybridized carbons (Fsp3) is 0.688. The van der Waals surface area contributed by atoms with Gasteiger partial charge in [0.1, 0.15) is 0 Å². The number of aromatic nitrogens is 1. The van der Waals surface area contributed by atoms with Crippen molar-refractivity contribution in [2.75, 3.05) is 40.3 Å². The van der Waals surface area contributed by atoms with Crippen molar-refractivity contribution in [2.24, 2.45) is 5.92 Å². The molecule has 0 amide bonds. The third-order valence-corrected chi connectivity index (χ3v) is 4.16. The van der Waals surface area contributed by atoms with Gasteiger partial charge in [-0.1, -0.05) is 0 Å². The minimum Gasteiger partial charge on any atom is -0.309 e. The Morgan fingerprint density at radius 3 is 2.53 bits per heavy atom. The second-order valence-corrected chi connectivity index (χ2v) is 5.98. The van der Waals surface area contributed by atoms with Crippen LogP contribution < -0.4 is 0 Å². The summed E-state index contributed by atoms with van der Waals surface area (Å²) in [4.78, 5) is 8.99. The van der Waals surface area contributed by atoms with Crippen molar-refractivity contribution in [3.05, 3.63) is 30.1 Å². The molecule has 1 aromatic rings. The quantitative estimate of drug-likeness (QED) is 0.783. The highest BCUT2D eigenvalue weighted by Gasteiger charge is 2.18. The minimum atomic E-state index is 0.944. The molecule has 0 bridgehead atoms. The zero-order valence-electron chi connectivity index (χ0n) is 12.4. The first-order valence-corrected chi connectivity index (χ1v) is 7.50. The Morgan fingerprint density at radius 1 is 1.21 bits per heavy atom. The lowest BCUT2D eigenvalue weighted by atomic mass is 9.93. The lowest BCUT2D eigenvalue weighted by Crippen LogP contribution is -2.35. The first kappa shape index (κ1) is 14.5. The predicted molar refractivity (Wildman–Crippen MR) is 80.3 cm³/mol. The van der Waals surface area contributed by atoms with Crippen LogP contribution >= 0.6 is 0 Å². The van der Waals surface area contributed by atoms with E-state index in [-0.39, 0.29) is 0 Å². The monoisotopic (exact) mass is 261 g/mol. The summed E-state index contributed by atoms with van der Waals surface area (Å²) in [6.07, 6.45) is 9.07. The zero-order valence-corrected chi connectivity index (χ0v) is 12.4. The summed E-state index contributed by atoms with van der Waals surface area (Å²) in [5.74, 6) is 0.944. The number of pyridine rings is 1. The van der Waals surface area contributed by atoms with Gasteiger partial charge in [0.2, 0.25) is 0 Å². The predicted octanol–water partition coefficient (Wildman–Crippen LogP) is 2.29. The van der Waals surface area contributed by atoms with E-state index in [1.807, 2.05) is 12.4 Å².